The Morgan fingerprint density at radius 2 is 2.06 bits per heavy atom. The summed E-state index contributed by atoms with van der Waals surface area (Å²) in [4.78, 5) is 51.1. The quantitative estimate of drug-likeness (QED) is 0.553. The summed E-state index contributed by atoms with van der Waals surface area (Å²) in [7, 11) is 0. The molecule has 3 N–H and O–H groups in total. The summed E-state index contributed by atoms with van der Waals surface area (Å²) in [5, 5.41) is 15.6. The van der Waals surface area contributed by atoms with Crippen LogP contribution in [0, 0.1) is 11.3 Å². The van der Waals surface area contributed by atoms with Gasteiger partial charge in [0.2, 0.25) is 11.8 Å². The fourth-order valence-corrected chi connectivity index (χ4v) is 5.11. The van der Waals surface area contributed by atoms with Crippen molar-refractivity contribution >= 4 is 29.3 Å². The predicted molar refractivity (Wildman–Crippen MR) is 113 cm³/mol. The van der Waals surface area contributed by atoms with Crippen LogP contribution in [0.25, 0.3) is 5.52 Å². The number of aromatic nitrogens is 3. The summed E-state index contributed by atoms with van der Waals surface area (Å²) < 4.78 is 7.10. The number of ether oxygens (including phenoxy) is 1. The number of imide groups is 1. The molecular weight excluding hydrogens is 430 g/mol. The first kappa shape index (κ1) is 21.3. The summed E-state index contributed by atoms with van der Waals surface area (Å²) in [5.74, 6) is -1.06. The number of pyridine rings is 1. The second kappa shape index (κ2) is 8.43. The lowest BCUT2D eigenvalue weighted by Crippen LogP contribution is -2.58. The molecule has 1 spiro atoms. The van der Waals surface area contributed by atoms with Crippen LogP contribution in [0.1, 0.15) is 29.8 Å². The van der Waals surface area contributed by atoms with E-state index in [9.17, 15) is 19.2 Å². The normalized spacial score (nSPS) is 24.5. The first-order chi connectivity index (χ1) is 15.9. The molecule has 0 saturated carbocycles. The van der Waals surface area contributed by atoms with Crippen LogP contribution in [0.15, 0.2) is 24.4 Å². The largest absolute Gasteiger partial charge is 0.381 e. The number of hydrogen-bond acceptors (Lipinski definition) is 7. The van der Waals surface area contributed by atoms with Crippen molar-refractivity contribution in [3.63, 3.8) is 0 Å². The Morgan fingerprint density at radius 3 is 2.85 bits per heavy atom. The van der Waals surface area contributed by atoms with Gasteiger partial charge in [-0.25, -0.2) is 9.31 Å². The Labute approximate surface area is 189 Å². The van der Waals surface area contributed by atoms with E-state index in [4.69, 9.17) is 4.74 Å². The minimum absolute atomic E-state index is 0.00394. The molecule has 12 nitrogen and oxygen atoms in total. The topological polar surface area (TPSA) is 147 Å². The van der Waals surface area contributed by atoms with E-state index in [0.29, 0.717) is 38.4 Å². The second-order valence-corrected chi connectivity index (χ2v) is 8.85. The molecule has 1 unspecified atom stereocenters. The Balaban J connectivity index is 1.30. The van der Waals surface area contributed by atoms with Crippen LogP contribution in [-0.2, 0) is 14.3 Å². The number of fused-ring (bicyclic) bond motifs is 1. The first-order valence-electron chi connectivity index (χ1n) is 11.0. The zero-order chi connectivity index (χ0) is 23.0. The summed E-state index contributed by atoms with van der Waals surface area (Å²) in [6.45, 7) is 2.47. The van der Waals surface area contributed by atoms with Crippen LogP contribution in [0.4, 0.5) is 4.79 Å². The van der Waals surface area contributed by atoms with Crippen molar-refractivity contribution < 1.29 is 23.9 Å². The van der Waals surface area contributed by atoms with Crippen LogP contribution in [0.3, 0.4) is 0 Å². The van der Waals surface area contributed by atoms with E-state index < -0.39 is 18.0 Å². The molecule has 2 atom stereocenters. The van der Waals surface area contributed by atoms with Gasteiger partial charge in [0, 0.05) is 45.0 Å². The van der Waals surface area contributed by atoms with E-state index in [2.05, 4.69) is 26.3 Å². The highest BCUT2D eigenvalue weighted by molar-refractivity contribution is 6.02. The van der Waals surface area contributed by atoms with Gasteiger partial charge in [0.25, 0.3) is 5.91 Å². The van der Waals surface area contributed by atoms with Gasteiger partial charge in [0.1, 0.15) is 6.04 Å². The average Bonchev–Trinajstić information content (AvgIpc) is 3.39. The third-order valence-corrected chi connectivity index (χ3v) is 6.91. The minimum Gasteiger partial charge on any atom is -0.381 e. The van der Waals surface area contributed by atoms with Crippen LogP contribution < -0.4 is 16.0 Å². The first-order valence-corrected chi connectivity index (χ1v) is 11.0. The summed E-state index contributed by atoms with van der Waals surface area (Å²) in [6.07, 6.45) is 3.17. The maximum atomic E-state index is 13.1. The molecule has 0 bridgehead atoms. The van der Waals surface area contributed by atoms with Crippen molar-refractivity contribution in [2.75, 3.05) is 32.8 Å². The number of rotatable bonds is 4. The van der Waals surface area contributed by atoms with Gasteiger partial charge >= 0.3 is 6.03 Å². The number of nitrogens with one attached hydrogen (secondary N) is 3. The number of nitrogens with zero attached hydrogens (tertiary/aromatic N) is 4. The Kier molecular flexibility index (Phi) is 5.44. The van der Waals surface area contributed by atoms with E-state index in [1.165, 1.54) is 0 Å². The van der Waals surface area contributed by atoms with E-state index in [1.807, 2.05) is 6.07 Å². The van der Waals surface area contributed by atoms with Gasteiger partial charge in [0.05, 0.1) is 11.9 Å². The van der Waals surface area contributed by atoms with Crippen molar-refractivity contribution in [1.29, 1.82) is 0 Å². The molecule has 3 aliphatic rings. The van der Waals surface area contributed by atoms with E-state index in [1.54, 1.807) is 27.7 Å². The summed E-state index contributed by atoms with van der Waals surface area (Å²) in [6, 6.07) is 3.87. The Morgan fingerprint density at radius 1 is 1.24 bits per heavy atom. The van der Waals surface area contributed by atoms with Crippen molar-refractivity contribution in [2.24, 2.45) is 11.3 Å². The van der Waals surface area contributed by atoms with Crippen LogP contribution in [-0.4, -0.2) is 82.4 Å². The lowest BCUT2D eigenvalue weighted by atomic mass is 9.72. The lowest BCUT2D eigenvalue weighted by Gasteiger charge is -2.38. The molecule has 2 aromatic heterocycles. The fourth-order valence-electron chi connectivity index (χ4n) is 5.11. The Hall–Kier alpha value is -3.54. The molecular formula is C21H25N7O5. The number of likely N-dealkylation sites (tertiary alicyclic amines) is 1. The van der Waals surface area contributed by atoms with Gasteiger partial charge < -0.3 is 20.3 Å². The van der Waals surface area contributed by atoms with Gasteiger partial charge in [-0.15, -0.1) is 5.10 Å². The van der Waals surface area contributed by atoms with Gasteiger partial charge in [-0.05, 0) is 30.4 Å². The van der Waals surface area contributed by atoms with Crippen molar-refractivity contribution in [1.82, 2.24) is 35.7 Å². The zero-order valence-electron chi connectivity index (χ0n) is 18.0. The maximum absolute atomic E-state index is 13.1. The van der Waals surface area contributed by atoms with Crippen LogP contribution >= 0.6 is 0 Å². The van der Waals surface area contributed by atoms with Crippen LogP contribution in [0.5, 0.6) is 0 Å². The van der Waals surface area contributed by atoms with Gasteiger partial charge in [0.15, 0.2) is 5.69 Å². The third-order valence-electron chi connectivity index (χ3n) is 6.91. The highest BCUT2D eigenvalue weighted by atomic mass is 16.5. The lowest BCUT2D eigenvalue weighted by molar-refractivity contribution is -0.136. The monoisotopic (exact) mass is 455 g/mol. The molecule has 33 heavy (non-hydrogen) atoms. The van der Waals surface area contributed by atoms with Crippen molar-refractivity contribution in [3.05, 3.63) is 30.1 Å². The molecule has 3 aliphatic heterocycles. The number of urea groups is 1. The van der Waals surface area contributed by atoms with Crippen molar-refractivity contribution in [2.45, 2.75) is 25.3 Å². The van der Waals surface area contributed by atoms with Gasteiger partial charge in [-0.2, -0.15) is 0 Å². The Bertz CT molecular complexity index is 1090. The second-order valence-electron chi connectivity index (χ2n) is 8.85. The molecule has 5 rings (SSSR count). The number of amides is 5. The zero-order valence-corrected chi connectivity index (χ0v) is 18.0. The molecule has 12 heteroatoms. The molecule has 3 fully saturated rings. The highest BCUT2D eigenvalue weighted by Crippen LogP contribution is 2.44. The fraction of sp³-hybridized carbons (Fsp3) is 0.524. The summed E-state index contributed by atoms with van der Waals surface area (Å²) in [5.41, 5.74) is 0.667. The molecule has 0 aliphatic carbocycles. The predicted octanol–water partition coefficient (Wildman–Crippen LogP) is -0.688. The van der Waals surface area contributed by atoms with Gasteiger partial charge in [-0.1, -0.05) is 11.3 Å². The molecule has 5 heterocycles. The maximum Gasteiger partial charge on any atom is 0.322 e. The molecule has 2 aromatic rings. The SMILES string of the molecule is O=C1C[C@@H](C(=O)N2CC(CNC(=O)c3nnn4ccccc34)C3(CCOCC3)C2)NC(=O)N1. The van der Waals surface area contributed by atoms with Crippen molar-refractivity contribution in [3.8, 4) is 0 Å². The van der Waals surface area contributed by atoms with Crippen LogP contribution in [0.2, 0.25) is 0 Å². The number of carbonyl (C=O) groups excluding carboxylic acids is 4. The van der Waals surface area contributed by atoms with Gasteiger partial charge in [-0.3, -0.25) is 19.7 Å². The van der Waals surface area contributed by atoms with E-state index >= 15 is 0 Å². The average molecular weight is 455 g/mol. The van der Waals surface area contributed by atoms with E-state index in [-0.39, 0.29) is 35.3 Å². The third kappa shape index (κ3) is 4.01. The number of carbonyl (C=O) groups is 4. The molecule has 3 saturated heterocycles. The smallest absolute Gasteiger partial charge is 0.322 e. The molecule has 5 amide bonds. The molecule has 0 radical (unpaired) electrons. The number of hydrogen-bond donors (Lipinski definition) is 3. The minimum atomic E-state index is -0.875. The molecule has 174 valence electrons. The van der Waals surface area contributed by atoms with E-state index in [0.717, 1.165) is 12.8 Å². The molecule has 0 aromatic carbocycles. The highest BCUT2D eigenvalue weighted by Gasteiger charge is 2.49. The standard InChI is InChI=1S/C21H25N7O5/c29-16-9-14(23-20(32)24-16)19(31)27-11-13(21(12-27)4-7-33-8-5-21)10-22-18(30)17-15-3-1-2-6-28(15)26-25-17/h1-3,6,13-14H,4-5,7-12H2,(H,22,30)(H2,23,24,29,32)/t13?,14-/m0/s1. The summed E-state index contributed by atoms with van der Waals surface area (Å²) >= 11 is 0.